The van der Waals surface area contributed by atoms with Crippen molar-refractivity contribution in [2.45, 2.75) is 4.90 Å². The van der Waals surface area contributed by atoms with Gasteiger partial charge in [0.1, 0.15) is 11.5 Å². The highest BCUT2D eigenvalue weighted by molar-refractivity contribution is 9.10. The highest BCUT2D eigenvalue weighted by atomic mass is 79.9. The number of hydrogen-bond acceptors (Lipinski definition) is 4. The van der Waals surface area contributed by atoms with Crippen LogP contribution in [0.2, 0.25) is 0 Å². The van der Waals surface area contributed by atoms with E-state index in [1.54, 1.807) is 30.3 Å². The SMILES string of the molecule is CS(=O)(=O)c1ccc(Oc2cc(Br)cc(C#N)c2)cc1. The van der Waals surface area contributed by atoms with Crippen molar-refractivity contribution in [1.29, 1.82) is 5.26 Å². The number of halogens is 1. The lowest BCUT2D eigenvalue weighted by molar-refractivity contribution is 0.481. The maximum atomic E-state index is 11.3. The van der Waals surface area contributed by atoms with Crippen LogP contribution < -0.4 is 4.74 Å². The molecule has 0 unspecified atom stereocenters. The third-order valence-electron chi connectivity index (χ3n) is 2.49. The zero-order valence-corrected chi connectivity index (χ0v) is 12.9. The van der Waals surface area contributed by atoms with Crippen molar-refractivity contribution in [3.05, 3.63) is 52.5 Å². The van der Waals surface area contributed by atoms with Crippen LogP contribution in [-0.4, -0.2) is 14.7 Å². The molecule has 0 fully saturated rings. The van der Waals surface area contributed by atoms with E-state index in [4.69, 9.17) is 10.00 Å². The standard InChI is InChI=1S/C14H10BrNO3S/c1-20(17,18)14-4-2-12(3-5-14)19-13-7-10(9-16)6-11(15)8-13/h2-8H,1H3. The van der Waals surface area contributed by atoms with Crippen LogP contribution in [0, 0.1) is 11.3 Å². The monoisotopic (exact) mass is 351 g/mol. The zero-order valence-electron chi connectivity index (χ0n) is 10.5. The van der Waals surface area contributed by atoms with Gasteiger partial charge >= 0.3 is 0 Å². The summed E-state index contributed by atoms with van der Waals surface area (Å²) in [6, 6.07) is 13.2. The van der Waals surface area contributed by atoms with Crippen molar-refractivity contribution < 1.29 is 13.2 Å². The molecule has 0 spiro atoms. The molecule has 4 nitrogen and oxygen atoms in total. The van der Waals surface area contributed by atoms with E-state index < -0.39 is 9.84 Å². The minimum atomic E-state index is -3.22. The summed E-state index contributed by atoms with van der Waals surface area (Å²) in [5, 5.41) is 8.89. The van der Waals surface area contributed by atoms with Crippen molar-refractivity contribution >= 4 is 25.8 Å². The first-order valence-electron chi connectivity index (χ1n) is 5.57. The first-order valence-corrected chi connectivity index (χ1v) is 8.25. The molecule has 0 aliphatic heterocycles. The van der Waals surface area contributed by atoms with Crippen LogP contribution in [0.5, 0.6) is 11.5 Å². The lowest BCUT2D eigenvalue weighted by Gasteiger charge is -2.07. The number of benzene rings is 2. The smallest absolute Gasteiger partial charge is 0.175 e. The fourth-order valence-corrected chi connectivity index (χ4v) is 2.68. The molecule has 0 aliphatic carbocycles. The maximum absolute atomic E-state index is 11.3. The van der Waals surface area contributed by atoms with Crippen molar-refractivity contribution in [1.82, 2.24) is 0 Å². The second-order valence-electron chi connectivity index (χ2n) is 4.13. The van der Waals surface area contributed by atoms with Gasteiger partial charge in [-0.3, -0.25) is 0 Å². The third kappa shape index (κ3) is 3.59. The van der Waals surface area contributed by atoms with Gasteiger partial charge in [-0.25, -0.2) is 8.42 Å². The first kappa shape index (κ1) is 14.6. The predicted octanol–water partition coefficient (Wildman–Crippen LogP) is 3.52. The molecule has 6 heteroatoms. The minimum Gasteiger partial charge on any atom is -0.457 e. The number of hydrogen-bond donors (Lipinski definition) is 0. The Kier molecular flexibility index (Phi) is 4.12. The fraction of sp³-hybridized carbons (Fsp3) is 0.0714. The van der Waals surface area contributed by atoms with Crippen LogP contribution in [0.25, 0.3) is 0 Å². The minimum absolute atomic E-state index is 0.233. The van der Waals surface area contributed by atoms with E-state index in [0.29, 0.717) is 17.1 Å². The molecule has 2 aromatic rings. The summed E-state index contributed by atoms with van der Waals surface area (Å²) in [7, 11) is -3.22. The average molecular weight is 352 g/mol. The molecule has 0 saturated carbocycles. The van der Waals surface area contributed by atoms with E-state index in [1.807, 2.05) is 6.07 Å². The number of rotatable bonds is 3. The highest BCUT2D eigenvalue weighted by Gasteiger charge is 2.07. The summed E-state index contributed by atoms with van der Waals surface area (Å²) in [4.78, 5) is 0.233. The van der Waals surface area contributed by atoms with Crippen molar-refractivity contribution in [2.24, 2.45) is 0 Å². The normalized spacial score (nSPS) is 10.8. The molecular formula is C14H10BrNO3S. The van der Waals surface area contributed by atoms with Gasteiger partial charge < -0.3 is 4.74 Å². The van der Waals surface area contributed by atoms with Crippen LogP contribution in [0.4, 0.5) is 0 Å². The van der Waals surface area contributed by atoms with Crippen molar-refractivity contribution in [3.63, 3.8) is 0 Å². The molecule has 20 heavy (non-hydrogen) atoms. The number of nitrogens with zero attached hydrogens (tertiary/aromatic N) is 1. The zero-order chi connectivity index (χ0) is 14.8. The Labute approximate surface area is 125 Å². The third-order valence-corrected chi connectivity index (χ3v) is 4.07. The van der Waals surface area contributed by atoms with E-state index in [1.165, 1.54) is 12.1 Å². The Bertz CT molecular complexity index is 777. The van der Waals surface area contributed by atoms with Gasteiger partial charge in [0.15, 0.2) is 9.84 Å². The van der Waals surface area contributed by atoms with Gasteiger partial charge in [-0.05, 0) is 42.5 Å². The first-order chi connectivity index (χ1) is 9.38. The second kappa shape index (κ2) is 5.65. The van der Waals surface area contributed by atoms with Gasteiger partial charge in [-0.2, -0.15) is 5.26 Å². The number of sulfone groups is 1. The fourth-order valence-electron chi connectivity index (χ4n) is 1.58. The van der Waals surface area contributed by atoms with E-state index >= 15 is 0 Å². The Morgan fingerprint density at radius 3 is 2.30 bits per heavy atom. The summed E-state index contributed by atoms with van der Waals surface area (Å²) in [6.07, 6.45) is 1.15. The Balaban J connectivity index is 2.27. The summed E-state index contributed by atoms with van der Waals surface area (Å²) >= 11 is 3.29. The lowest BCUT2D eigenvalue weighted by atomic mass is 10.2. The maximum Gasteiger partial charge on any atom is 0.175 e. The van der Waals surface area contributed by atoms with Gasteiger partial charge in [-0.1, -0.05) is 15.9 Å². The molecule has 0 aliphatic rings. The Hall–Kier alpha value is -1.84. The number of nitriles is 1. The topological polar surface area (TPSA) is 67.2 Å². The van der Waals surface area contributed by atoms with E-state index in [2.05, 4.69) is 15.9 Å². The highest BCUT2D eigenvalue weighted by Crippen LogP contribution is 2.27. The Morgan fingerprint density at radius 2 is 1.75 bits per heavy atom. The Morgan fingerprint density at radius 1 is 1.10 bits per heavy atom. The molecule has 0 bridgehead atoms. The molecule has 0 N–H and O–H groups in total. The molecule has 0 amide bonds. The number of ether oxygens (including phenoxy) is 1. The second-order valence-corrected chi connectivity index (χ2v) is 7.06. The molecule has 0 atom stereocenters. The van der Waals surface area contributed by atoms with E-state index in [9.17, 15) is 8.42 Å². The molecule has 0 heterocycles. The van der Waals surface area contributed by atoms with Crippen molar-refractivity contribution in [2.75, 3.05) is 6.26 Å². The predicted molar refractivity (Wildman–Crippen MR) is 78.5 cm³/mol. The van der Waals surface area contributed by atoms with E-state index in [0.717, 1.165) is 10.7 Å². The van der Waals surface area contributed by atoms with Gasteiger partial charge in [0.25, 0.3) is 0 Å². The van der Waals surface area contributed by atoms with Gasteiger partial charge in [0.2, 0.25) is 0 Å². The molecule has 2 aromatic carbocycles. The molecule has 0 aromatic heterocycles. The van der Waals surface area contributed by atoms with Crippen LogP contribution in [0.15, 0.2) is 51.8 Å². The van der Waals surface area contributed by atoms with Crippen molar-refractivity contribution in [3.8, 4) is 17.6 Å². The molecule has 0 radical (unpaired) electrons. The van der Waals surface area contributed by atoms with Crippen LogP contribution in [0.3, 0.4) is 0 Å². The molecule has 2 rings (SSSR count). The summed E-state index contributed by atoms with van der Waals surface area (Å²) < 4.78 is 29.0. The van der Waals surface area contributed by atoms with Gasteiger partial charge in [-0.15, -0.1) is 0 Å². The van der Waals surface area contributed by atoms with Gasteiger partial charge in [0.05, 0.1) is 16.5 Å². The molecule has 0 saturated heterocycles. The largest absolute Gasteiger partial charge is 0.457 e. The molecular weight excluding hydrogens is 342 g/mol. The van der Waals surface area contributed by atoms with Crippen LogP contribution >= 0.6 is 15.9 Å². The van der Waals surface area contributed by atoms with Crippen LogP contribution in [0.1, 0.15) is 5.56 Å². The van der Waals surface area contributed by atoms with Gasteiger partial charge in [0, 0.05) is 10.7 Å². The summed E-state index contributed by atoms with van der Waals surface area (Å²) in [5.74, 6) is 1.00. The van der Waals surface area contributed by atoms with E-state index in [-0.39, 0.29) is 4.90 Å². The van der Waals surface area contributed by atoms with Crippen LogP contribution in [-0.2, 0) is 9.84 Å². The molecule has 102 valence electrons. The quantitative estimate of drug-likeness (QED) is 0.848. The average Bonchev–Trinajstić information content (AvgIpc) is 2.37. The summed E-state index contributed by atoms with van der Waals surface area (Å²) in [5.41, 5.74) is 0.474. The summed E-state index contributed by atoms with van der Waals surface area (Å²) in [6.45, 7) is 0. The lowest BCUT2D eigenvalue weighted by Crippen LogP contribution is -1.96.